The number of hydrogen-bond acceptors (Lipinski definition) is 2. The van der Waals surface area contributed by atoms with E-state index < -0.39 is 0 Å². The average Bonchev–Trinajstić information content (AvgIpc) is 2.08. The molecule has 0 saturated carbocycles. The van der Waals surface area contributed by atoms with Crippen molar-refractivity contribution in [3.63, 3.8) is 0 Å². The van der Waals surface area contributed by atoms with Gasteiger partial charge in [0.15, 0.2) is 0 Å². The summed E-state index contributed by atoms with van der Waals surface area (Å²) in [5.41, 5.74) is 1.17. The van der Waals surface area contributed by atoms with Gasteiger partial charge in [-0.2, -0.15) is 0 Å². The third-order valence-corrected chi connectivity index (χ3v) is 2.30. The molecule has 72 valence electrons. The van der Waals surface area contributed by atoms with Crippen molar-refractivity contribution in [3.05, 3.63) is 28.5 Å². The van der Waals surface area contributed by atoms with Crippen LogP contribution in [0.25, 0.3) is 0 Å². The highest BCUT2D eigenvalue weighted by Gasteiger charge is 1.95. The third kappa shape index (κ3) is 4.39. The molecule has 0 aliphatic carbocycles. The number of pyridine rings is 1. The number of aromatic nitrogens is 1. The van der Waals surface area contributed by atoms with E-state index in [0.717, 1.165) is 17.4 Å². The Morgan fingerprint density at radius 2 is 2.15 bits per heavy atom. The molecule has 0 spiro atoms. The molecule has 1 aromatic rings. The van der Waals surface area contributed by atoms with Gasteiger partial charge in [0.1, 0.15) is 0 Å². The molecule has 0 bridgehead atoms. The molecule has 0 fully saturated rings. The van der Waals surface area contributed by atoms with Gasteiger partial charge in [-0.25, -0.2) is 0 Å². The Morgan fingerprint density at radius 1 is 1.38 bits per heavy atom. The van der Waals surface area contributed by atoms with Crippen molar-refractivity contribution >= 4 is 15.9 Å². The summed E-state index contributed by atoms with van der Waals surface area (Å²) in [6, 6.07) is 4.11. The second kappa shape index (κ2) is 5.35. The van der Waals surface area contributed by atoms with Crippen molar-refractivity contribution in [2.75, 3.05) is 20.6 Å². The Hall–Kier alpha value is -0.410. The van der Waals surface area contributed by atoms with Crippen LogP contribution in [0.4, 0.5) is 0 Å². The Bertz CT molecular complexity index is 244. The molecule has 0 aromatic carbocycles. The van der Waals surface area contributed by atoms with E-state index in [1.807, 2.05) is 12.3 Å². The zero-order chi connectivity index (χ0) is 9.68. The first-order valence-electron chi connectivity index (χ1n) is 4.43. The fourth-order valence-corrected chi connectivity index (χ4v) is 1.37. The lowest BCUT2D eigenvalue weighted by molar-refractivity contribution is 0.399. The molecule has 0 aliphatic rings. The molecule has 0 atom stereocenters. The quantitative estimate of drug-likeness (QED) is 0.806. The first-order valence-corrected chi connectivity index (χ1v) is 5.23. The summed E-state index contributed by atoms with van der Waals surface area (Å²) in [7, 11) is 4.18. The Labute approximate surface area is 88.1 Å². The van der Waals surface area contributed by atoms with Crippen LogP contribution in [0, 0.1) is 0 Å². The van der Waals surface area contributed by atoms with Crippen LogP contribution in [0.15, 0.2) is 22.8 Å². The van der Waals surface area contributed by atoms with Gasteiger partial charge in [0, 0.05) is 16.4 Å². The van der Waals surface area contributed by atoms with Crippen LogP contribution >= 0.6 is 15.9 Å². The van der Waals surface area contributed by atoms with Crippen molar-refractivity contribution < 1.29 is 0 Å². The van der Waals surface area contributed by atoms with Crippen LogP contribution in [0.2, 0.25) is 0 Å². The fraction of sp³-hybridized carbons (Fsp3) is 0.500. The lowest BCUT2D eigenvalue weighted by Gasteiger charge is -2.08. The minimum absolute atomic E-state index is 1.05. The van der Waals surface area contributed by atoms with Crippen molar-refractivity contribution in [2.24, 2.45) is 0 Å². The van der Waals surface area contributed by atoms with E-state index in [-0.39, 0.29) is 0 Å². The lowest BCUT2D eigenvalue weighted by atomic mass is 10.2. The van der Waals surface area contributed by atoms with E-state index in [0.29, 0.717) is 0 Å². The molecule has 0 N–H and O–H groups in total. The predicted molar refractivity (Wildman–Crippen MR) is 58.8 cm³/mol. The first kappa shape index (κ1) is 10.7. The Morgan fingerprint density at radius 3 is 2.69 bits per heavy atom. The van der Waals surface area contributed by atoms with Gasteiger partial charge in [-0.15, -0.1) is 0 Å². The fourth-order valence-electron chi connectivity index (χ4n) is 1.13. The normalized spacial score (nSPS) is 10.8. The summed E-state index contributed by atoms with van der Waals surface area (Å²) in [4.78, 5) is 6.50. The molecule has 13 heavy (non-hydrogen) atoms. The predicted octanol–water partition coefficient (Wildman–Crippen LogP) is 2.34. The van der Waals surface area contributed by atoms with Gasteiger partial charge in [-0.3, -0.25) is 4.98 Å². The molecule has 0 radical (unpaired) electrons. The van der Waals surface area contributed by atoms with Crippen LogP contribution in [0.1, 0.15) is 12.1 Å². The van der Waals surface area contributed by atoms with Gasteiger partial charge in [-0.1, -0.05) is 0 Å². The zero-order valence-corrected chi connectivity index (χ0v) is 9.71. The molecular weight excluding hydrogens is 228 g/mol. The minimum Gasteiger partial charge on any atom is -0.309 e. The van der Waals surface area contributed by atoms with Crippen molar-refractivity contribution in [1.29, 1.82) is 0 Å². The highest BCUT2D eigenvalue weighted by atomic mass is 79.9. The van der Waals surface area contributed by atoms with E-state index >= 15 is 0 Å². The standard InChI is InChI=1S/C10H15BrN2/c1-13(2)7-3-4-10-6-5-9(11)8-12-10/h5-6,8H,3-4,7H2,1-2H3. The lowest BCUT2D eigenvalue weighted by Crippen LogP contribution is -2.13. The molecule has 0 unspecified atom stereocenters. The number of hydrogen-bond donors (Lipinski definition) is 0. The van der Waals surface area contributed by atoms with E-state index in [4.69, 9.17) is 0 Å². The van der Waals surface area contributed by atoms with Crippen LogP contribution in [0.5, 0.6) is 0 Å². The zero-order valence-electron chi connectivity index (χ0n) is 8.13. The summed E-state index contributed by atoms with van der Waals surface area (Å²) in [5, 5.41) is 0. The van der Waals surface area contributed by atoms with Gasteiger partial charge in [0.25, 0.3) is 0 Å². The summed E-state index contributed by atoms with van der Waals surface area (Å²) in [5.74, 6) is 0. The number of rotatable bonds is 4. The van der Waals surface area contributed by atoms with Crippen LogP contribution in [-0.2, 0) is 6.42 Å². The van der Waals surface area contributed by atoms with E-state index in [2.05, 4.69) is 46.0 Å². The minimum atomic E-state index is 1.05. The van der Waals surface area contributed by atoms with E-state index in [1.165, 1.54) is 12.1 Å². The van der Waals surface area contributed by atoms with Gasteiger partial charge >= 0.3 is 0 Å². The Balaban J connectivity index is 2.33. The maximum Gasteiger partial charge on any atom is 0.0413 e. The molecule has 1 aromatic heterocycles. The smallest absolute Gasteiger partial charge is 0.0413 e. The number of aryl methyl sites for hydroxylation is 1. The maximum absolute atomic E-state index is 4.31. The SMILES string of the molecule is CN(C)CCCc1ccc(Br)cn1. The molecule has 1 rings (SSSR count). The van der Waals surface area contributed by atoms with E-state index in [9.17, 15) is 0 Å². The second-order valence-electron chi connectivity index (χ2n) is 3.37. The monoisotopic (exact) mass is 242 g/mol. The summed E-state index contributed by atoms with van der Waals surface area (Å²) in [6.45, 7) is 1.12. The van der Waals surface area contributed by atoms with Crippen LogP contribution in [-0.4, -0.2) is 30.5 Å². The molecular formula is C10H15BrN2. The van der Waals surface area contributed by atoms with Crippen LogP contribution in [0.3, 0.4) is 0 Å². The van der Waals surface area contributed by atoms with Gasteiger partial charge in [0.2, 0.25) is 0 Å². The topological polar surface area (TPSA) is 16.1 Å². The highest BCUT2D eigenvalue weighted by molar-refractivity contribution is 9.10. The van der Waals surface area contributed by atoms with Crippen molar-refractivity contribution in [3.8, 4) is 0 Å². The second-order valence-corrected chi connectivity index (χ2v) is 4.29. The molecule has 0 aliphatic heterocycles. The maximum atomic E-state index is 4.31. The van der Waals surface area contributed by atoms with Gasteiger partial charge in [-0.05, 0) is 61.5 Å². The van der Waals surface area contributed by atoms with Crippen molar-refractivity contribution in [2.45, 2.75) is 12.8 Å². The summed E-state index contributed by atoms with van der Waals surface area (Å²) in [6.07, 6.45) is 4.08. The molecule has 0 saturated heterocycles. The molecule has 2 nitrogen and oxygen atoms in total. The Kier molecular flexibility index (Phi) is 4.39. The van der Waals surface area contributed by atoms with Gasteiger partial charge < -0.3 is 4.90 Å². The van der Waals surface area contributed by atoms with E-state index in [1.54, 1.807) is 0 Å². The molecule has 3 heteroatoms. The van der Waals surface area contributed by atoms with Crippen LogP contribution < -0.4 is 0 Å². The largest absolute Gasteiger partial charge is 0.309 e. The highest BCUT2D eigenvalue weighted by Crippen LogP contribution is 2.08. The van der Waals surface area contributed by atoms with Crippen molar-refractivity contribution in [1.82, 2.24) is 9.88 Å². The molecule has 1 heterocycles. The number of halogens is 1. The average molecular weight is 243 g/mol. The third-order valence-electron chi connectivity index (χ3n) is 1.83. The summed E-state index contributed by atoms with van der Waals surface area (Å²) < 4.78 is 1.05. The summed E-state index contributed by atoms with van der Waals surface area (Å²) >= 11 is 3.37. The van der Waals surface area contributed by atoms with Gasteiger partial charge in [0.05, 0.1) is 0 Å². The molecule has 0 amide bonds. The number of nitrogens with zero attached hydrogens (tertiary/aromatic N) is 2. The first-order chi connectivity index (χ1) is 6.18.